The molecule has 0 fully saturated rings. The lowest BCUT2D eigenvalue weighted by Gasteiger charge is -2.22. The van der Waals surface area contributed by atoms with E-state index >= 15 is 0 Å². The van der Waals surface area contributed by atoms with E-state index in [0.29, 0.717) is 31.2 Å². The first-order valence-corrected chi connectivity index (χ1v) is 6.30. The zero-order valence-electron chi connectivity index (χ0n) is 11.2. The summed E-state index contributed by atoms with van der Waals surface area (Å²) in [4.78, 5) is 0. The van der Waals surface area contributed by atoms with Crippen LogP contribution in [0.3, 0.4) is 0 Å². The van der Waals surface area contributed by atoms with Crippen LogP contribution in [-0.2, 0) is 11.3 Å². The third-order valence-electron chi connectivity index (χ3n) is 2.89. The normalized spacial score (nSPS) is 13.0. The molecule has 1 rings (SSSR count). The Bertz CT molecular complexity index is 369. The van der Waals surface area contributed by atoms with Crippen molar-refractivity contribution in [1.82, 2.24) is 5.32 Å². The van der Waals surface area contributed by atoms with Crippen LogP contribution in [0.2, 0.25) is 0 Å². The van der Waals surface area contributed by atoms with E-state index in [4.69, 9.17) is 4.74 Å². The van der Waals surface area contributed by atoms with Gasteiger partial charge >= 0.3 is 0 Å². The maximum atomic E-state index is 13.5. The van der Waals surface area contributed by atoms with Crippen molar-refractivity contribution in [2.24, 2.45) is 5.92 Å². The van der Waals surface area contributed by atoms with Gasteiger partial charge in [0.1, 0.15) is 0 Å². The molecule has 1 aromatic rings. The molecule has 1 unspecified atom stereocenters. The molecule has 1 aromatic carbocycles. The van der Waals surface area contributed by atoms with E-state index in [2.05, 4.69) is 19.2 Å². The highest BCUT2D eigenvalue weighted by Gasteiger charge is 2.14. The molecule has 0 heterocycles. The molecule has 1 N–H and O–H groups in total. The quantitative estimate of drug-likeness (QED) is 0.810. The molecule has 102 valence electrons. The average Bonchev–Trinajstić information content (AvgIpc) is 2.33. The summed E-state index contributed by atoms with van der Waals surface area (Å²) < 4.78 is 31.9. The molecule has 4 heteroatoms. The highest BCUT2D eigenvalue weighted by atomic mass is 19.2. The van der Waals surface area contributed by atoms with Crippen LogP contribution in [0.1, 0.15) is 26.3 Å². The summed E-state index contributed by atoms with van der Waals surface area (Å²) in [6.07, 6.45) is 0. The van der Waals surface area contributed by atoms with Crippen LogP contribution in [0, 0.1) is 17.6 Å². The summed E-state index contributed by atoms with van der Waals surface area (Å²) in [5.74, 6) is -1.21. The fourth-order valence-electron chi connectivity index (χ4n) is 1.66. The fraction of sp³-hybridized carbons (Fsp3) is 0.571. The van der Waals surface area contributed by atoms with E-state index in [-0.39, 0.29) is 6.04 Å². The number of rotatable bonds is 7. The second kappa shape index (κ2) is 7.44. The van der Waals surface area contributed by atoms with Crippen LogP contribution < -0.4 is 5.32 Å². The minimum Gasteiger partial charge on any atom is -0.380 e. The molecule has 0 saturated heterocycles. The highest BCUT2D eigenvalue weighted by Crippen LogP contribution is 2.12. The van der Waals surface area contributed by atoms with Crippen molar-refractivity contribution in [3.8, 4) is 0 Å². The van der Waals surface area contributed by atoms with E-state index in [9.17, 15) is 8.78 Å². The first kappa shape index (κ1) is 15.1. The summed E-state index contributed by atoms with van der Waals surface area (Å²) in [5, 5.41) is 3.21. The van der Waals surface area contributed by atoms with Crippen molar-refractivity contribution in [2.75, 3.05) is 13.2 Å². The lowest BCUT2D eigenvalue weighted by Crippen LogP contribution is -2.37. The second-order valence-electron chi connectivity index (χ2n) is 4.60. The molecule has 0 bridgehead atoms. The van der Waals surface area contributed by atoms with Gasteiger partial charge < -0.3 is 10.1 Å². The monoisotopic (exact) mass is 257 g/mol. The Morgan fingerprint density at radius 2 is 2.00 bits per heavy atom. The van der Waals surface area contributed by atoms with Crippen molar-refractivity contribution in [3.05, 3.63) is 35.4 Å². The predicted molar refractivity (Wildman–Crippen MR) is 68.3 cm³/mol. The van der Waals surface area contributed by atoms with Crippen LogP contribution in [0.25, 0.3) is 0 Å². The van der Waals surface area contributed by atoms with E-state index in [1.54, 1.807) is 6.07 Å². The third-order valence-corrected chi connectivity index (χ3v) is 2.89. The molecule has 0 aliphatic carbocycles. The fourth-order valence-corrected chi connectivity index (χ4v) is 1.66. The minimum atomic E-state index is -0.805. The molecule has 0 amide bonds. The number of nitrogens with one attached hydrogen (secondary N) is 1. The van der Waals surface area contributed by atoms with E-state index in [1.165, 1.54) is 6.07 Å². The van der Waals surface area contributed by atoms with Gasteiger partial charge in [0.25, 0.3) is 0 Å². The topological polar surface area (TPSA) is 21.3 Å². The molecule has 0 aliphatic heterocycles. The summed E-state index contributed by atoms with van der Waals surface area (Å²) in [7, 11) is 0. The Balaban J connectivity index is 2.58. The van der Waals surface area contributed by atoms with Crippen LogP contribution in [0.15, 0.2) is 18.2 Å². The average molecular weight is 257 g/mol. The Morgan fingerprint density at radius 1 is 1.28 bits per heavy atom. The smallest absolute Gasteiger partial charge is 0.163 e. The van der Waals surface area contributed by atoms with Crippen molar-refractivity contribution < 1.29 is 13.5 Å². The molecular weight excluding hydrogens is 236 g/mol. The standard InChI is InChI=1S/C14H21F2NO/c1-4-18-9-13(10(2)3)17-8-11-6-5-7-12(15)14(11)16/h5-7,10,13,17H,4,8-9H2,1-3H3. The van der Waals surface area contributed by atoms with Gasteiger partial charge in [-0.2, -0.15) is 0 Å². The lowest BCUT2D eigenvalue weighted by atomic mass is 10.0. The first-order chi connectivity index (χ1) is 8.56. The molecule has 0 spiro atoms. The van der Waals surface area contributed by atoms with Crippen LogP contribution in [0.5, 0.6) is 0 Å². The van der Waals surface area contributed by atoms with Gasteiger partial charge in [0.05, 0.1) is 6.61 Å². The number of hydrogen-bond acceptors (Lipinski definition) is 2. The highest BCUT2D eigenvalue weighted by molar-refractivity contribution is 5.18. The number of ether oxygens (including phenoxy) is 1. The maximum Gasteiger partial charge on any atom is 0.163 e. The van der Waals surface area contributed by atoms with Gasteiger partial charge in [0, 0.05) is 24.8 Å². The minimum absolute atomic E-state index is 0.132. The van der Waals surface area contributed by atoms with Gasteiger partial charge in [-0.3, -0.25) is 0 Å². The van der Waals surface area contributed by atoms with Gasteiger partial charge in [0.2, 0.25) is 0 Å². The SMILES string of the molecule is CCOCC(NCc1cccc(F)c1F)C(C)C. The number of halogens is 2. The molecule has 0 radical (unpaired) electrons. The number of benzene rings is 1. The zero-order valence-corrected chi connectivity index (χ0v) is 11.2. The van der Waals surface area contributed by atoms with Crippen molar-refractivity contribution >= 4 is 0 Å². The largest absolute Gasteiger partial charge is 0.380 e. The van der Waals surface area contributed by atoms with Gasteiger partial charge in [-0.25, -0.2) is 8.78 Å². The molecule has 2 nitrogen and oxygen atoms in total. The predicted octanol–water partition coefficient (Wildman–Crippen LogP) is 3.12. The first-order valence-electron chi connectivity index (χ1n) is 6.30. The summed E-state index contributed by atoms with van der Waals surface area (Å²) in [6.45, 7) is 7.60. The van der Waals surface area contributed by atoms with E-state index < -0.39 is 11.6 Å². The van der Waals surface area contributed by atoms with Crippen molar-refractivity contribution in [1.29, 1.82) is 0 Å². The van der Waals surface area contributed by atoms with Gasteiger partial charge in [-0.1, -0.05) is 26.0 Å². The van der Waals surface area contributed by atoms with Gasteiger partial charge in [-0.15, -0.1) is 0 Å². The van der Waals surface area contributed by atoms with Gasteiger partial charge in [0.15, 0.2) is 11.6 Å². The van der Waals surface area contributed by atoms with E-state index in [1.807, 2.05) is 6.92 Å². The van der Waals surface area contributed by atoms with Gasteiger partial charge in [-0.05, 0) is 18.9 Å². The third kappa shape index (κ3) is 4.35. The van der Waals surface area contributed by atoms with Crippen molar-refractivity contribution in [2.45, 2.75) is 33.4 Å². The number of hydrogen-bond donors (Lipinski definition) is 1. The molecule has 1 atom stereocenters. The lowest BCUT2D eigenvalue weighted by molar-refractivity contribution is 0.107. The van der Waals surface area contributed by atoms with Crippen LogP contribution >= 0.6 is 0 Å². The summed E-state index contributed by atoms with van der Waals surface area (Å²) >= 11 is 0. The Morgan fingerprint density at radius 3 is 2.61 bits per heavy atom. The Labute approximate surface area is 107 Å². The summed E-state index contributed by atoms with van der Waals surface area (Å²) in [6, 6.07) is 4.36. The second-order valence-corrected chi connectivity index (χ2v) is 4.60. The maximum absolute atomic E-state index is 13.5. The Kier molecular flexibility index (Phi) is 6.22. The van der Waals surface area contributed by atoms with Crippen LogP contribution in [-0.4, -0.2) is 19.3 Å². The van der Waals surface area contributed by atoms with Crippen molar-refractivity contribution in [3.63, 3.8) is 0 Å². The molecular formula is C14H21F2NO. The molecule has 18 heavy (non-hydrogen) atoms. The zero-order chi connectivity index (χ0) is 13.5. The molecule has 0 aliphatic rings. The molecule has 0 saturated carbocycles. The summed E-state index contributed by atoms with van der Waals surface area (Å²) in [5.41, 5.74) is 0.345. The molecule has 0 aromatic heterocycles. The van der Waals surface area contributed by atoms with Crippen LogP contribution in [0.4, 0.5) is 8.78 Å². The Hall–Kier alpha value is -1.00. The van der Waals surface area contributed by atoms with E-state index in [0.717, 1.165) is 6.07 Å².